The van der Waals surface area contributed by atoms with Crippen LogP contribution in [0.2, 0.25) is 0 Å². The second-order valence-corrected chi connectivity index (χ2v) is 3.36. The molecule has 0 aliphatic heterocycles. The van der Waals surface area contributed by atoms with Gasteiger partial charge in [0.05, 0.1) is 6.20 Å². The van der Waals surface area contributed by atoms with Crippen molar-refractivity contribution in [3.63, 3.8) is 0 Å². The molecule has 0 unspecified atom stereocenters. The van der Waals surface area contributed by atoms with Gasteiger partial charge < -0.3 is 10.8 Å². The number of allylic oxidation sites excluding steroid dienone is 2. The average Bonchev–Trinajstić information content (AvgIpc) is 2.20. The molecule has 0 bridgehead atoms. The van der Waals surface area contributed by atoms with Crippen LogP contribution in [0.15, 0.2) is 18.3 Å². The molecule has 1 rings (SSSR count). The molecule has 3 N–H and O–H groups in total. The number of aromatic nitrogens is 1. The lowest BCUT2D eigenvalue weighted by molar-refractivity contribution is 0.155. The van der Waals surface area contributed by atoms with E-state index in [1.54, 1.807) is 6.08 Å². The Morgan fingerprint density at radius 2 is 2.31 bits per heavy atom. The maximum atomic E-state index is 12.4. The molecule has 0 amide bonds. The van der Waals surface area contributed by atoms with Crippen LogP contribution >= 0.6 is 0 Å². The Labute approximate surface area is 92.6 Å². The third-order valence-corrected chi connectivity index (χ3v) is 2.07. The van der Waals surface area contributed by atoms with Crippen molar-refractivity contribution in [1.82, 2.24) is 4.98 Å². The van der Waals surface area contributed by atoms with Crippen LogP contribution in [-0.4, -0.2) is 16.5 Å². The number of alkyl halides is 2. The molecule has 0 spiro atoms. The summed E-state index contributed by atoms with van der Waals surface area (Å²) < 4.78 is 24.7. The van der Waals surface area contributed by atoms with Crippen molar-refractivity contribution in [3.05, 3.63) is 23.9 Å². The molecule has 1 aromatic rings. The van der Waals surface area contributed by atoms with Gasteiger partial charge in [-0.3, -0.25) is 0 Å². The molecule has 0 aromatic carbocycles. The molecule has 88 valence electrons. The van der Waals surface area contributed by atoms with E-state index in [-0.39, 0.29) is 18.0 Å². The number of nitrogens with two attached hydrogens (primary N) is 1. The number of pyridine rings is 1. The van der Waals surface area contributed by atoms with Crippen molar-refractivity contribution < 1.29 is 13.9 Å². The van der Waals surface area contributed by atoms with Crippen LogP contribution in [0.25, 0.3) is 5.57 Å². The molecule has 0 saturated carbocycles. The zero-order valence-electron chi connectivity index (χ0n) is 8.95. The Hall–Kier alpha value is -1.65. The van der Waals surface area contributed by atoms with Gasteiger partial charge in [-0.25, -0.2) is 13.8 Å². The summed E-state index contributed by atoms with van der Waals surface area (Å²) in [5.41, 5.74) is 6.38. The molecule has 5 heteroatoms. The normalized spacial score (nSPS) is 12.1. The van der Waals surface area contributed by atoms with E-state index < -0.39 is 6.43 Å². The summed E-state index contributed by atoms with van der Waals surface area (Å²) in [6, 6.07) is 1.35. The first-order valence-electron chi connectivity index (χ1n) is 4.96. The summed E-state index contributed by atoms with van der Waals surface area (Å²) in [5.74, 6) is 0.0682. The minimum absolute atomic E-state index is 0.0829. The summed E-state index contributed by atoms with van der Waals surface area (Å²) in [7, 11) is 0. The van der Waals surface area contributed by atoms with Crippen molar-refractivity contribution in [2.24, 2.45) is 0 Å². The van der Waals surface area contributed by atoms with Crippen molar-refractivity contribution >= 4 is 11.4 Å². The lowest BCUT2D eigenvalue weighted by Gasteiger charge is -2.09. The van der Waals surface area contributed by atoms with Gasteiger partial charge in [-0.2, -0.15) is 0 Å². The highest BCUT2D eigenvalue weighted by Gasteiger charge is 2.13. The van der Waals surface area contributed by atoms with Crippen molar-refractivity contribution in [2.75, 3.05) is 5.73 Å². The standard InChI is InChI=1S/C11H14F2N2O/c1-2-3-7(4-10(12)13)9-5-8(16)6-15-11(9)14/h3,5-6,10,16H,2,4H2,1H3,(H2,14,15)/b7-3+. The Kier molecular flexibility index (Phi) is 4.22. The maximum absolute atomic E-state index is 12.4. The zero-order valence-corrected chi connectivity index (χ0v) is 8.95. The molecule has 0 aliphatic rings. The Balaban J connectivity index is 3.10. The van der Waals surface area contributed by atoms with Crippen LogP contribution in [0.5, 0.6) is 5.75 Å². The largest absolute Gasteiger partial charge is 0.506 e. The molecule has 0 atom stereocenters. The van der Waals surface area contributed by atoms with E-state index >= 15 is 0 Å². The predicted octanol–water partition coefficient (Wildman–Crippen LogP) is 2.82. The molecule has 1 heterocycles. The summed E-state index contributed by atoms with van der Waals surface area (Å²) in [6.07, 6.45) is 0.643. The summed E-state index contributed by atoms with van der Waals surface area (Å²) in [6.45, 7) is 1.85. The highest BCUT2D eigenvalue weighted by atomic mass is 19.3. The van der Waals surface area contributed by atoms with Crippen LogP contribution in [0, 0.1) is 0 Å². The number of aromatic hydroxyl groups is 1. The first-order valence-corrected chi connectivity index (χ1v) is 4.96. The van der Waals surface area contributed by atoms with E-state index in [1.807, 2.05) is 6.92 Å². The first-order chi connectivity index (χ1) is 7.54. The fourth-order valence-electron chi connectivity index (χ4n) is 1.44. The zero-order chi connectivity index (χ0) is 12.1. The Morgan fingerprint density at radius 3 is 2.88 bits per heavy atom. The molecule has 0 radical (unpaired) electrons. The smallest absolute Gasteiger partial charge is 0.242 e. The van der Waals surface area contributed by atoms with Crippen molar-refractivity contribution in [3.8, 4) is 5.75 Å². The molecule has 0 saturated heterocycles. The minimum atomic E-state index is -2.44. The average molecular weight is 228 g/mol. The lowest BCUT2D eigenvalue weighted by atomic mass is 10.0. The first kappa shape index (κ1) is 12.4. The van der Waals surface area contributed by atoms with Gasteiger partial charge in [0.2, 0.25) is 6.43 Å². The number of nitrogens with zero attached hydrogens (tertiary/aromatic N) is 1. The number of rotatable bonds is 4. The Morgan fingerprint density at radius 1 is 1.62 bits per heavy atom. The molecule has 0 aliphatic carbocycles. The number of halogens is 2. The number of hydrogen-bond acceptors (Lipinski definition) is 3. The van der Waals surface area contributed by atoms with Crippen LogP contribution in [0.4, 0.5) is 14.6 Å². The third-order valence-electron chi connectivity index (χ3n) is 2.07. The fourth-order valence-corrected chi connectivity index (χ4v) is 1.44. The van der Waals surface area contributed by atoms with E-state index in [0.717, 1.165) is 0 Å². The third kappa shape index (κ3) is 3.18. The fraction of sp³-hybridized carbons (Fsp3) is 0.364. The second-order valence-electron chi connectivity index (χ2n) is 3.36. The molecule has 1 aromatic heterocycles. The van der Waals surface area contributed by atoms with Gasteiger partial charge in [0.1, 0.15) is 11.6 Å². The van der Waals surface area contributed by atoms with E-state index in [9.17, 15) is 13.9 Å². The lowest BCUT2D eigenvalue weighted by Crippen LogP contribution is -2.00. The highest BCUT2D eigenvalue weighted by Crippen LogP contribution is 2.28. The SMILES string of the molecule is CC/C=C(\CC(F)F)c1cc(O)cnc1N. The van der Waals surface area contributed by atoms with Gasteiger partial charge in [0, 0.05) is 12.0 Å². The highest BCUT2D eigenvalue weighted by molar-refractivity contribution is 5.74. The van der Waals surface area contributed by atoms with Gasteiger partial charge in [-0.1, -0.05) is 13.0 Å². The molecule has 3 nitrogen and oxygen atoms in total. The maximum Gasteiger partial charge on any atom is 0.242 e. The van der Waals surface area contributed by atoms with Crippen LogP contribution in [0.1, 0.15) is 25.3 Å². The summed E-state index contributed by atoms with van der Waals surface area (Å²) in [5, 5.41) is 9.26. The minimum Gasteiger partial charge on any atom is -0.506 e. The molecular formula is C11H14F2N2O. The van der Waals surface area contributed by atoms with Crippen LogP contribution < -0.4 is 5.73 Å². The quantitative estimate of drug-likeness (QED) is 0.833. The summed E-state index contributed by atoms with van der Waals surface area (Å²) >= 11 is 0. The number of nitrogen functional groups attached to an aromatic ring is 1. The van der Waals surface area contributed by atoms with Gasteiger partial charge in [0.15, 0.2) is 0 Å². The van der Waals surface area contributed by atoms with Gasteiger partial charge in [0.25, 0.3) is 0 Å². The Bertz CT molecular complexity index is 392. The molecule has 16 heavy (non-hydrogen) atoms. The topological polar surface area (TPSA) is 59.1 Å². The van der Waals surface area contributed by atoms with Gasteiger partial charge >= 0.3 is 0 Å². The molecule has 0 fully saturated rings. The number of anilines is 1. The second kappa shape index (κ2) is 5.44. The van der Waals surface area contributed by atoms with Crippen molar-refractivity contribution in [1.29, 1.82) is 0 Å². The monoisotopic (exact) mass is 228 g/mol. The van der Waals surface area contributed by atoms with E-state index in [2.05, 4.69) is 4.98 Å². The van der Waals surface area contributed by atoms with E-state index in [1.165, 1.54) is 12.3 Å². The van der Waals surface area contributed by atoms with Gasteiger partial charge in [-0.15, -0.1) is 0 Å². The van der Waals surface area contributed by atoms with Gasteiger partial charge in [-0.05, 0) is 18.1 Å². The predicted molar refractivity (Wildman–Crippen MR) is 59.2 cm³/mol. The van der Waals surface area contributed by atoms with Crippen molar-refractivity contribution in [2.45, 2.75) is 26.2 Å². The van der Waals surface area contributed by atoms with E-state index in [0.29, 0.717) is 17.6 Å². The van der Waals surface area contributed by atoms with Crippen LogP contribution in [0.3, 0.4) is 0 Å². The number of hydrogen-bond donors (Lipinski definition) is 2. The van der Waals surface area contributed by atoms with E-state index in [4.69, 9.17) is 5.73 Å². The summed E-state index contributed by atoms with van der Waals surface area (Å²) in [4.78, 5) is 3.73. The molecular weight excluding hydrogens is 214 g/mol. The van der Waals surface area contributed by atoms with Crippen LogP contribution in [-0.2, 0) is 0 Å².